The van der Waals surface area contributed by atoms with Crippen LogP contribution in [0.3, 0.4) is 0 Å². The van der Waals surface area contributed by atoms with Crippen LogP contribution in [0.1, 0.15) is 23.0 Å². The summed E-state index contributed by atoms with van der Waals surface area (Å²) >= 11 is 1.23. The van der Waals surface area contributed by atoms with Gasteiger partial charge in [0.25, 0.3) is 5.91 Å². The number of nitrogens with zero attached hydrogens (tertiary/aromatic N) is 4. The number of rotatable bonds is 5. The molecule has 0 fully saturated rings. The van der Waals surface area contributed by atoms with Gasteiger partial charge in [-0.15, -0.1) is 0 Å². The minimum atomic E-state index is -3.33. The molecule has 1 amide bonds. The lowest BCUT2D eigenvalue weighted by Crippen LogP contribution is -2.13. The summed E-state index contributed by atoms with van der Waals surface area (Å²) in [6.45, 7) is 4.67. The Morgan fingerprint density at radius 1 is 1.09 bits per heavy atom. The van der Waals surface area contributed by atoms with Crippen molar-refractivity contribution in [3.05, 3.63) is 66.0 Å². The fraction of sp³-hybridized carbons (Fsp3) is 0.167. The first-order valence-electron chi connectivity index (χ1n) is 10.6. The monoisotopic (exact) mass is 491 g/mol. The third kappa shape index (κ3) is 4.06. The molecule has 2 aromatic carbocycles. The van der Waals surface area contributed by atoms with E-state index in [0.717, 1.165) is 29.4 Å². The Labute approximate surface area is 200 Å². The molecule has 0 aliphatic heterocycles. The van der Waals surface area contributed by atoms with E-state index in [-0.39, 0.29) is 10.8 Å². The van der Waals surface area contributed by atoms with Crippen LogP contribution in [0.4, 0.5) is 5.13 Å². The molecule has 10 heteroatoms. The number of sulfone groups is 1. The Hall–Kier alpha value is -3.63. The molecular formula is C24H21N5O3S2. The Balaban J connectivity index is 1.56. The van der Waals surface area contributed by atoms with Gasteiger partial charge < -0.3 is 0 Å². The number of benzene rings is 2. The number of aryl methyl sites for hydroxylation is 2. The topological polar surface area (TPSA) is 107 Å². The highest BCUT2D eigenvalue weighted by atomic mass is 32.2. The van der Waals surface area contributed by atoms with E-state index in [1.165, 1.54) is 17.4 Å². The molecule has 3 aromatic heterocycles. The lowest BCUT2D eigenvalue weighted by atomic mass is 10.0. The fourth-order valence-electron chi connectivity index (χ4n) is 3.79. The van der Waals surface area contributed by atoms with Gasteiger partial charge in [0.2, 0.25) is 0 Å². The van der Waals surface area contributed by atoms with Gasteiger partial charge in [-0.1, -0.05) is 29.5 Å². The second kappa shape index (κ2) is 8.30. The van der Waals surface area contributed by atoms with Crippen molar-refractivity contribution < 1.29 is 13.2 Å². The van der Waals surface area contributed by atoms with Gasteiger partial charge in [-0.05, 0) is 44.2 Å². The lowest BCUT2D eigenvalue weighted by Gasteiger charge is -2.09. The van der Waals surface area contributed by atoms with E-state index < -0.39 is 9.84 Å². The molecule has 0 bridgehead atoms. The number of hydrogen-bond acceptors (Lipinski definition) is 7. The molecule has 34 heavy (non-hydrogen) atoms. The number of carbonyl (C=O) groups excluding carboxylic acids is 1. The number of amides is 1. The summed E-state index contributed by atoms with van der Waals surface area (Å²) in [6, 6.07) is 14.0. The Bertz CT molecular complexity index is 1690. The number of carbonyl (C=O) groups is 1. The first-order chi connectivity index (χ1) is 16.2. The molecule has 5 aromatic rings. The van der Waals surface area contributed by atoms with Crippen LogP contribution >= 0.6 is 11.3 Å². The van der Waals surface area contributed by atoms with Crippen LogP contribution in [0, 0.1) is 6.92 Å². The third-order valence-electron chi connectivity index (χ3n) is 5.52. The highest BCUT2D eigenvalue weighted by Gasteiger charge is 2.18. The molecule has 5 rings (SSSR count). The molecule has 0 radical (unpaired) electrons. The number of para-hydroxylation sites is 1. The van der Waals surface area contributed by atoms with E-state index in [2.05, 4.69) is 15.4 Å². The average Bonchev–Trinajstić information content (AvgIpc) is 3.39. The zero-order chi connectivity index (χ0) is 24.0. The second-order valence-electron chi connectivity index (χ2n) is 7.93. The summed E-state index contributed by atoms with van der Waals surface area (Å²) in [4.78, 5) is 22.8. The predicted octanol–water partition coefficient (Wildman–Crippen LogP) is 4.69. The number of fused-ring (bicyclic) bond motifs is 2. The van der Waals surface area contributed by atoms with E-state index in [1.54, 1.807) is 18.2 Å². The molecule has 8 nitrogen and oxygen atoms in total. The minimum absolute atomic E-state index is 0.217. The quantitative estimate of drug-likeness (QED) is 0.382. The lowest BCUT2D eigenvalue weighted by molar-refractivity contribution is 0.102. The van der Waals surface area contributed by atoms with Crippen LogP contribution in [-0.2, 0) is 16.4 Å². The van der Waals surface area contributed by atoms with E-state index in [4.69, 9.17) is 4.98 Å². The van der Waals surface area contributed by atoms with E-state index in [9.17, 15) is 13.2 Å². The van der Waals surface area contributed by atoms with Crippen molar-refractivity contribution in [2.24, 2.45) is 0 Å². The molecule has 1 N–H and O–H groups in total. The number of thiazole rings is 1. The van der Waals surface area contributed by atoms with Crippen molar-refractivity contribution in [1.29, 1.82) is 0 Å². The molecule has 0 unspecified atom stereocenters. The Kier molecular flexibility index (Phi) is 5.41. The maximum Gasteiger partial charge on any atom is 0.258 e. The molecule has 3 heterocycles. The van der Waals surface area contributed by atoms with Crippen LogP contribution in [0.15, 0.2) is 59.6 Å². The SMILES string of the molecule is CCn1cc(-c2cc(C(=O)Nc3nc4ccc(S(C)(=O)=O)cc4s3)c3ccccc3n2)c(C)n1. The zero-order valence-corrected chi connectivity index (χ0v) is 20.4. The highest BCUT2D eigenvalue weighted by Crippen LogP contribution is 2.30. The summed E-state index contributed by atoms with van der Waals surface area (Å²) in [7, 11) is -3.33. The maximum absolute atomic E-state index is 13.4. The number of pyridine rings is 1. The van der Waals surface area contributed by atoms with Crippen LogP contribution in [0.25, 0.3) is 32.4 Å². The summed E-state index contributed by atoms with van der Waals surface area (Å²) in [5.41, 5.74) is 4.17. The molecule has 172 valence electrons. The number of anilines is 1. The molecule has 0 aliphatic rings. The maximum atomic E-state index is 13.4. The third-order valence-corrected chi connectivity index (χ3v) is 7.56. The molecular weight excluding hydrogens is 470 g/mol. The summed E-state index contributed by atoms with van der Waals surface area (Å²) in [6.07, 6.45) is 3.09. The molecule has 0 saturated heterocycles. The Morgan fingerprint density at radius 2 is 1.88 bits per heavy atom. The van der Waals surface area contributed by atoms with Gasteiger partial charge in [-0.2, -0.15) is 5.10 Å². The highest BCUT2D eigenvalue weighted by molar-refractivity contribution is 7.90. The average molecular weight is 492 g/mol. The van der Waals surface area contributed by atoms with Gasteiger partial charge in [-0.3, -0.25) is 14.8 Å². The van der Waals surface area contributed by atoms with Crippen molar-refractivity contribution >= 4 is 53.3 Å². The zero-order valence-electron chi connectivity index (χ0n) is 18.7. The Morgan fingerprint density at radius 3 is 2.62 bits per heavy atom. The summed E-state index contributed by atoms with van der Waals surface area (Å²) < 4.78 is 26.3. The van der Waals surface area contributed by atoms with Crippen molar-refractivity contribution in [1.82, 2.24) is 19.7 Å². The summed E-state index contributed by atoms with van der Waals surface area (Å²) in [5, 5.41) is 8.50. The van der Waals surface area contributed by atoms with Crippen LogP contribution in [0.5, 0.6) is 0 Å². The van der Waals surface area contributed by atoms with Crippen molar-refractivity contribution in [2.75, 3.05) is 11.6 Å². The number of aromatic nitrogens is 4. The van der Waals surface area contributed by atoms with Gasteiger partial charge >= 0.3 is 0 Å². The predicted molar refractivity (Wildman–Crippen MR) is 134 cm³/mol. The smallest absolute Gasteiger partial charge is 0.258 e. The van der Waals surface area contributed by atoms with Crippen molar-refractivity contribution in [2.45, 2.75) is 25.3 Å². The molecule has 0 spiro atoms. The summed E-state index contributed by atoms with van der Waals surface area (Å²) in [5.74, 6) is -0.317. The van der Waals surface area contributed by atoms with Crippen LogP contribution < -0.4 is 5.32 Å². The molecule has 0 aliphatic carbocycles. The van der Waals surface area contributed by atoms with Crippen molar-refractivity contribution in [3.63, 3.8) is 0 Å². The van der Waals surface area contributed by atoms with Crippen LogP contribution in [-0.4, -0.2) is 40.3 Å². The minimum Gasteiger partial charge on any atom is -0.298 e. The molecule has 0 atom stereocenters. The van der Waals surface area contributed by atoms with Crippen LogP contribution in [0.2, 0.25) is 0 Å². The van der Waals surface area contributed by atoms with Crippen molar-refractivity contribution in [3.8, 4) is 11.3 Å². The normalized spacial score (nSPS) is 11.9. The molecule has 0 saturated carbocycles. The number of nitrogens with one attached hydrogen (secondary N) is 1. The van der Waals surface area contributed by atoms with Gasteiger partial charge in [0.15, 0.2) is 15.0 Å². The fourth-order valence-corrected chi connectivity index (χ4v) is 5.41. The van der Waals surface area contributed by atoms with Gasteiger partial charge in [0.05, 0.1) is 37.6 Å². The second-order valence-corrected chi connectivity index (χ2v) is 11.0. The van der Waals surface area contributed by atoms with E-state index >= 15 is 0 Å². The number of hydrogen-bond donors (Lipinski definition) is 1. The van der Waals surface area contributed by atoms with Gasteiger partial charge in [0.1, 0.15) is 0 Å². The van der Waals surface area contributed by atoms with Gasteiger partial charge in [-0.25, -0.2) is 18.4 Å². The largest absolute Gasteiger partial charge is 0.298 e. The van der Waals surface area contributed by atoms with Gasteiger partial charge in [0, 0.05) is 29.9 Å². The standard InChI is InChI=1S/C24H21N5O3S2/c1-4-29-13-18(14(2)28-29)21-12-17(16-7-5-6-8-19(16)25-21)23(30)27-24-26-20-10-9-15(34(3,31)32)11-22(20)33-24/h5-13H,4H2,1-3H3,(H,26,27,30). The van der Waals surface area contributed by atoms with E-state index in [0.29, 0.717) is 32.1 Å². The first kappa shape index (κ1) is 22.2. The first-order valence-corrected chi connectivity index (χ1v) is 13.3. The van der Waals surface area contributed by atoms with E-state index in [1.807, 2.05) is 49.0 Å².